The summed E-state index contributed by atoms with van der Waals surface area (Å²) in [7, 11) is 0. The van der Waals surface area contributed by atoms with Crippen LogP contribution in [-0.2, 0) is 6.54 Å². The summed E-state index contributed by atoms with van der Waals surface area (Å²) in [6.07, 6.45) is -1.21. The quantitative estimate of drug-likeness (QED) is 0.771. The van der Waals surface area contributed by atoms with Crippen molar-refractivity contribution in [1.29, 1.82) is 0 Å². The van der Waals surface area contributed by atoms with Gasteiger partial charge in [-0.2, -0.15) is 8.78 Å². The largest absolute Gasteiger partial charge is 0.415 e. The average molecular weight is 326 g/mol. The van der Waals surface area contributed by atoms with Crippen molar-refractivity contribution in [3.05, 3.63) is 47.0 Å². The molecule has 0 radical (unpaired) electrons. The molecule has 0 saturated carbocycles. The third-order valence-corrected chi connectivity index (χ3v) is 3.52. The predicted molar refractivity (Wildman–Crippen MR) is 74.1 cm³/mol. The number of aromatic nitrogens is 3. The van der Waals surface area contributed by atoms with Crippen molar-refractivity contribution in [3.8, 4) is 11.5 Å². The first-order valence-electron chi connectivity index (χ1n) is 6.17. The fourth-order valence-corrected chi connectivity index (χ4v) is 2.27. The highest BCUT2D eigenvalue weighted by Crippen LogP contribution is 2.25. The number of hydrogen-bond acceptors (Lipinski definition) is 6. The molecule has 0 saturated heterocycles. The Morgan fingerprint density at radius 3 is 2.77 bits per heavy atom. The third kappa shape index (κ3) is 3.08. The van der Waals surface area contributed by atoms with Gasteiger partial charge >= 0.3 is 6.43 Å². The van der Waals surface area contributed by atoms with E-state index in [2.05, 4.69) is 20.5 Å². The van der Waals surface area contributed by atoms with Gasteiger partial charge in [0, 0.05) is 29.2 Å². The predicted octanol–water partition coefficient (Wildman–Crippen LogP) is 3.88. The molecule has 2 aromatic heterocycles. The SMILES string of the molecule is Fc1cc(-c2nnc(C(F)F)o2)ccc1CNc1nccs1. The molecule has 3 aromatic rings. The smallest absolute Gasteiger partial charge is 0.314 e. The lowest BCUT2D eigenvalue weighted by Gasteiger charge is -2.05. The van der Waals surface area contributed by atoms with E-state index in [1.54, 1.807) is 11.6 Å². The van der Waals surface area contributed by atoms with Gasteiger partial charge in [0.2, 0.25) is 5.89 Å². The minimum absolute atomic E-state index is 0.145. The highest BCUT2D eigenvalue weighted by molar-refractivity contribution is 7.13. The van der Waals surface area contributed by atoms with Gasteiger partial charge in [0.05, 0.1) is 0 Å². The van der Waals surface area contributed by atoms with Crippen LogP contribution < -0.4 is 5.32 Å². The van der Waals surface area contributed by atoms with E-state index in [-0.39, 0.29) is 18.0 Å². The zero-order valence-corrected chi connectivity index (χ0v) is 11.8. The Balaban J connectivity index is 1.76. The summed E-state index contributed by atoms with van der Waals surface area (Å²) >= 11 is 1.40. The number of nitrogens with zero attached hydrogens (tertiary/aromatic N) is 3. The van der Waals surface area contributed by atoms with Gasteiger partial charge in [-0.15, -0.1) is 21.5 Å². The molecule has 3 rings (SSSR count). The molecule has 1 N–H and O–H groups in total. The number of rotatable bonds is 5. The maximum absolute atomic E-state index is 14.0. The maximum Gasteiger partial charge on any atom is 0.314 e. The number of alkyl halides is 2. The first-order chi connectivity index (χ1) is 10.6. The maximum atomic E-state index is 14.0. The van der Waals surface area contributed by atoms with Crippen LogP contribution in [0.4, 0.5) is 18.3 Å². The molecule has 22 heavy (non-hydrogen) atoms. The zero-order valence-electron chi connectivity index (χ0n) is 11.0. The number of hydrogen-bond donors (Lipinski definition) is 1. The van der Waals surface area contributed by atoms with Crippen LogP contribution in [0.15, 0.2) is 34.2 Å². The van der Waals surface area contributed by atoms with Gasteiger partial charge in [-0.1, -0.05) is 6.07 Å². The number of thiazole rings is 1. The van der Waals surface area contributed by atoms with Crippen molar-refractivity contribution in [2.24, 2.45) is 0 Å². The van der Waals surface area contributed by atoms with Crippen LogP contribution in [0.25, 0.3) is 11.5 Å². The summed E-state index contributed by atoms with van der Waals surface area (Å²) in [5.41, 5.74) is 0.655. The molecule has 0 amide bonds. The lowest BCUT2D eigenvalue weighted by Crippen LogP contribution is -2.01. The van der Waals surface area contributed by atoms with E-state index in [9.17, 15) is 13.2 Å². The monoisotopic (exact) mass is 326 g/mol. The first kappa shape index (κ1) is 14.5. The van der Waals surface area contributed by atoms with Gasteiger partial charge in [0.25, 0.3) is 5.89 Å². The molecule has 1 aromatic carbocycles. The fourth-order valence-electron chi connectivity index (χ4n) is 1.74. The summed E-state index contributed by atoms with van der Waals surface area (Å²) < 4.78 is 43.6. The molecule has 0 bridgehead atoms. The van der Waals surface area contributed by atoms with Crippen LogP contribution in [0.5, 0.6) is 0 Å². The number of anilines is 1. The van der Waals surface area contributed by atoms with Gasteiger partial charge in [-0.25, -0.2) is 9.37 Å². The zero-order chi connectivity index (χ0) is 15.5. The van der Waals surface area contributed by atoms with Crippen molar-refractivity contribution >= 4 is 16.5 Å². The fraction of sp³-hybridized carbons (Fsp3) is 0.154. The van der Waals surface area contributed by atoms with Crippen LogP contribution in [0, 0.1) is 5.82 Å². The highest BCUT2D eigenvalue weighted by atomic mass is 32.1. The number of halogens is 3. The molecule has 0 spiro atoms. The second-order valence-electron chi connectivity index (χ2n) is 4.24. The summed E-state index contributed by atoms with van der Waals surface area (Å²) in [4.78, 5) is 4.03. The summed E-state index contributed by atoms with van der Waals surface area (Å²) in [5.74, 6) is -1.43. The topological polar surface area (TPSA) is 63.8 Å². The van der Waals surface area contributed by atoms with Crippen molar-refractivity contribution in [3.63, 3.8) is 0 Å². The molecule has 114 valence electrons. The Labute approximate surface area is 126 Å². The summed E-state index contributed by atoms with van der Waals surface area (Å²) in [5, 5.41) is 12.1. The van der Waals surface area contributed by atoms with Crippen LogP contribution in [0.3, 0.4) is 0 Å². The van der Waals surface area contributed by atoms with Crippen LogP contribution in [-0.4, -0.2) is 15.2 Å². The minimum Gasteiger partial charge on any atom is -0.415 e. The standard InChI is InChI=1S/C13H9F3N4OS/c14-9-5-7(11-19-20-12(21-11)10(15)16)1-2-8(9)6-18-13-17-3-4-22-13/h1-5,10H,6H2,(H,17,18). The van der Waals surface area contributed by atoms with Crippen molar-refractivity contribution in [2.75, 3.05) is 5.32 Å². The lowest BCUT2D eigenvalue weighted by molar-refractivity contribution is 0.116. The van der Waals surface area contributed by atoms with E-state index in [4.69, 9.17) is 4.42 Å². The van der Waals surface area contributed by atoms with E-state index in [1.807, 2.05) is 0 Å². The van der Waals surface area contributed by atoms with Gasteiger partial charge in [0.15, 0.2) is 5.13 Å². The Kier molecular flexibility index (Phi) is 4.05. The van der Waals surface area contributed by atoms with Gasteiger partial charge < -0.3 is 9.73 Å². The summed E-state index contributed by atoms with van der Waals surface area (Å²) in [6, 6.07) is 4.23. The highest BCUT2D eigenvalue weighted by Gasteiger charge is 2.17. The molecule has 2 heterocycles. The van der Waals surface area contributed by atoms with E-state index < -0.39 is 18.1 Å². The molecular weight excluding hydrogens is 317 g/mol. The number of nitrogens with one attached hydrogen (secondary N) is 1. The normalized spacial score (nSPS) is 11.1. The Bertz CT molecular complexity index is 760. The van der Waals surface area contributed by atoms with Crippen LogP contribution >= 0.6 is 11.3 Å². The Morgan fingerprint density at radius 2 is 2.14 bits per heavy atom. The second-order valence-corrected chi connectivity index (χ2v) is 5.14. The van der Waals surface area contributed by atoms with Crippen molar-refractivity contribution < 1.29 is 17.6 Å². The average Bonchev–Trinajstić information content (AvgIpc) is 3.17. The molecule has 0 unspecified atom stereocenters. The van der Waals surface area contributed by atoms with E-state index in [1.165, 1.54) is 29.5 Å². The third-order valence-electron chi connectivity index (χ3n) is 2.79. The van der Waals surface area contributed by atoms with Crippen molar-refractivity contribution in [1.82, 2.24) is 15.2 Å². The van der Waals surface area contributed by atoms with Gasteiger partial charge in [-0.05, 0) is 12.1 Å². The molecule has 0 aliphatic carbocycles. The molecular formula is C13H9F3N4OS. The van der Waals surface area contributed by atoms with Gasteiger partial charge in [-0.3, -0.25) is 0 Å². The van der Waals surface area contributed by atoms with E-state index in [0.29, 0.717) is 10.7 Å². The molecule has 0 aliphatic heterocycles. The Hall–Kier alpha value is -2.42. The summed E-state index contributed by atoms with van der Waals surface area (Å²) in [6.45, 7) is 0.256. The molecule has 0 atom stereocenters. The van der Waals surface area contributed by atoms with Gasteiger partial charge in [0.1, 0.15) is 5.82 Å². The molecule has 0 fully saturated rings. The minimum atomic E-state index is -2.85. The van der Waals surface area contributed by atoms with Crippen LogP contribution in [0.2, 0.25) is 0 Å². The Morgan fingerprint density at radius 1 is 1.27 bits per heavy atom. The van der Waals surface area contributed by atoms with E-state index >= 15 is 0 Å². The van der Waals surface area contributed by atoms with E-state index in [0.717, 1.165) is 0 Å². The molecule has 5 nitrogen and oxygen atoms in total. The lowest BCUT2D eigenvalue weighted by atomic mass is 10.1. The number of benzene rings is 1. The first-order valence-corrected chi connectivity index (χ1v) is 7.05. The van der Waals surface area contributed by atoms with Crippen LogP contribution in [0.1, 0.15) is 17.9 Å². The molecule has 0 aliphatic rings. The second kappa shape index (κ2) is 6.14. The van der Waals surface area contributed by atoms with Crippen molar-refractivity contribution in [2.45, 2.75) is 13.0 Å². The molecule has 9 heteroatoms.